The molecule has 0 fully saturated rings. The Kier molecular flexibility index (Phi) is 9.08. The predicted octanol–water partition coefficient (Wildman–Crippen LogP) is 3.77. The van der Waals surface area contributed by atoms with Gasteiger partial charge in [0.25, 0.3) is 0 Å². The number of benzene rings is 2. The van der Waals surface area contributed by atoms with Gasteiger partial charge in [-0.2, -0.15) is 0 Å². The van der Waals surface area contributed by atoms with Crippen molar-refractivity contribution in [3.05, 3.63) is 63.6 Å². The molecule has 0 aliphatic heterocycles. The van der Waals surface area contributed by atoms with Crippen LogP contribution in [0.5, 0.6) is 0 Å². The number of aryl methyl sites for hydroxylation is 2. The largest absolute Gasteiger partial charge is 0.352 e. The molecular formula is C24H32BrN3O4S. The molecule has 2 aromatic rings. The zero-order valence-electron chi connectivity index (χ0n) is 19.9. The van der Waals surface area contributed by atoms with E-state index in [2.05, 4.69) is 21.2 Å². The van der Waals surface area contributed by atoms with Crippen LogP contribution in [0.4, 0.5) is 5.69 Å². The molecule has 0 aliphatic rings. The van der Waals surface area contributed by atoms with Crippen molar-refractivity contribution in [3.63, 3.8) is 0 Å². The topological polar surface area (TPSA) is 86.8 Å². The Morgan fingerprint density at radius 1 is 1.00 bits per heavy atom. The molecule has 180 valence electrons. The summed E-state index contributed by atoms with van der Waals surface area (Å²) in [5.41, 5.74) is 3.18. The van der Waals surface area contributed by atoms with Gasteiger partial charge in [0.15, 0.2) is 0 Å². The normalized spacial score (nSPS) is 12.4. The van der Waals surface area contributed by atoms with Gasteiger partial charge in [0.1, 0.15) is 12.6 Å². The van der Waals surface area contributed by atoms with Crippen molar-refractivity contribution in [1.82, 2.24) is 10.2 Å². The fourth-order valence-corrected chi connectivity index (χ4v) is 4.37. The quantitative estimate of drug-likeness (QED) is 0.527. The number of rotatable bonds is 9. The lowest BCUT2D eigenvalue weighted by molar-refractivity contribution is -0.139. The average molecular weight is 539 g/mol. The molecule has 0 aliphatic carbocycles. The second kappa shape index (κ2) is 11.2. The van der Waals surface area contributed by atoms with E-state index < -0.39 is 28.5 Å². The average Bonchev–Trinajstić information content (AvgIpc) is 2.71. The minimum atomic E-state index is -3.74. The van der Waals surface area contributed by atoms with Crippen molar-refractivity contribution in [2.75, 3.05) is 17.1 Å². The number of sulfonamides is 1. The molecule has 0 spiro atoms. The van der Waals surface area contributed by atoms with Crippen LogP contribution in [0.1, 0.15) is 37.5 Å². The number of anilines is 1. The fraction of sp³-hybridized carbons (Fsp3) is 0.417. The van der Waals surface area contributed by atoms with E-state index in [1.807, 2.05) is 58.0 Å². The monoisotopic (exact) mass is 537 g/mol. The predicted molar refractivity (Wildman–Crippen MR) is 136 cm³/mol. The Hall–Kier alpha value is -2.39. The van der Waals surface area contributed by atoms with Gasteiger partial charge >= 0.3 is 0 Å². The highest BCUT2D eigenvalue weighted by Crippen LogP contribution is 2.22. The highest BCUT2D eigenvalue weighted by molar-refractivity contribution is 9.10. The standard InChI is InChI=1S/C24H32BrN3O4S/c1-16(2)26-24(30)19(5)27(14-20-8-10-21(25)11-9-20)23(29)15-28(33(6,31)32)22-12-7-17(3)18(4)13-22/h7-13,16,19H,14-15H2,1-6H3,(H,26,30). The molecule has 0 heterocycles. The number of amides is 2. The molecular weight excluding hydrogens is 506 g/mol. The first-order valence-corrected chi connectivity index (χ1v) is 13.3. The number of nitrogens with zero attached hydrogens (tertiary/aromatic N) is 2. The lowest BCUT2D eigenvalue weighted by atomic mass is 10.1. The van der Waals surface area contributed by atoms with Crippen LogP contribution < -0.4 is 9.62 Å². The molecule has 1 atom stereocenters. The third-order valence-corrected chi connectivity index (χ3v) is 6.99. The van der Waals surface area contributed by atoms with Crippen LogP contribution in [0.25, 0.3) is 0 Å². The van der Waals surface area contributed by atoms with Crippen LogP contribution >= 0.6 is 15.9 Å². The summed E-state index contributed by atoms with van der Waals surface area (Å²) < 4.78 is 27.2. The minimum absolute atomic E-state index is 0.0902. The van der Waals surface area contributed by atoms with Crippen molar-refractivity contribution in [1.29, 1.82) is 0 Å². The summed E-state index contributed by atoms with van der Waals surface area (Å²) >= 11 is 3.39. The molecule has 0 saturated heterocycles. The van der Waals surface area contributed by atoms with Crippen molar-refractivity contribution in [2.45, 2.75) is 53.2 Å². The zero-order chi connectivity index (χ0) is 24.9. The summed E-state index contributed by atoms with van der Waals surface area (Å²) in [5.74, 6) is -0.763. The molecule has 0 saturated carbocycles. The van der Waals surface area contributed by atoms with Crippen LogP contribution in [-0.4, -0.2) is 50.0 Å². The van der Waals surface area contributed by atoms with Gasteiger partial charge in [-0.3, -0.25) is 13.9 Å². The first-order valence-electron chi connectivity index (χ1n) is 10.7. The van der Waals surface area contributed by atoms with Crippen LogP contribution in [-0.2, 0) is 26.2 Å². The Labute approximate surface area is 205 Å². The highest BCUT2D eigenvalue weighted by atomic mass is 79.9. The van der Waals surface area contributed by atoms with Gasteiger partial charge in [-0.15, -0.1) is 0 Å². The molecule has 0 bridgehead atoms. The van der Waals surface area contributed by atoms with Gasteiger partial charge in [0.2, 0.25) is 21.8 Å². The number of hydrogen-bond donors (Lipinski definition) is 1. The van der Waals surface area contributed by atoms with Gasteiger partial charge < -0.3 is 10.2 Å². The Morgan fingerprint density at radius 3 is 2.12 bits per heavy atom. The van der Waals surface area contributed by atoms with E-state index in [0.717, 1.165) is 31.7 Å². The summed E-state index contributed by atoms with van der Waals surface area (Å²) in [7, 11) is -3.74. The van der Waals surface area contributed by atoms with E-state index in [1.165, 1.54) is 4.90 Å². The Morgan fingerprint density at radius 2 is 1.61 bits per heavy atom. The van der Waals surface area contributed by atoms with Crippen molar-refractivity contribution >= 4 is 43.5 Å². The molecule has 1 N–H and O–H groups in total. The van der Waals surface area contributed by atoms with E-state index in [9.17, 15) is 18.0 Å². The molecule has 0 aromatic heterocycles. The lowest BCUT2D eigenvalue weighted by Crippen LogP contribution is -2.52. The smallest absolute Gasteiger partial charge is 0.244 e. The minimum Gasteiger partial charge on any atom is -0.352 e. The SMILES string of the molecule is Cc1ccc(N(CC(=O)N(Cc2ccc(Br)cc2)C(C)C(=O)NC(C)C)S(C)(=O)=O)cc1C. The second-order valence-corrected chi connectivity index (χ2v) is 11.3. The second-order valence-electron chi connectivity index (χ2n) is 8.53. The first kappa shape index (κ1) is 26.9. The van der Waals surface area contributed by atoms with E-state index in [1.54, 1.807) is 19.1 Å². The summed E-state index contributed by atoms with van der Waals surface area (Å²) in [5, 5.41) is 2.83. The molecule has 1 unspecified atom stereocenters. The zero-order valence-corrected chi connectivity index (χ0v) is 22.3. The van der Waals surface area contributed by atoms with Crippen molar-refractivity contribution in [2.24, 2.45) is 0 Å². The van der Waals surface area contributed by atoms with E-state index in [-0.39, 0.29) is 18.5 Å². The number of halogens is 1. The first-order chi connectivity index (χ1) is 15.3. The Balaban J connectivity index is 2.40. The van der Waals surface area contributed by atoms with Crippen LogP contribution in [0.3, 0.4) is 0 Å². The lowest BCUT2D eigenvalue weighted by Gasteiger charge is -2.32. The van der Waals surface area contributed by atoms with Crippen LogP contribution in [0.15, 0.2) is 46.9 Å². The summed E-state index contributed by atoms with van der Waals surface area (Å²) in [4.78, 5) is 27.6. The maximum absolute atomic E-state index is 13.5. The van der Waals surface area contributed by atoms with E-state index in [4.69, 9.17) is 0 Å². The summed E-state index contributed by atoms with van der Waals surface area (Å²) in [6.45, 7) is 8.92. The number of hydrogen-bond acceptors (Lipinski definition) is 4. The van der Waals surface area contributed by atoms with Crippen LogP contribution in [0, 0.1) is 13.8 Å². The number of carbonyl (C=O) groups is 2. The molecule has 2 amide bonds. The van der Waals surface area contributed by atoms with Gasteiger partial charge in [-0.05, 0) is 75.6 Å². The maximum atomic E-state index is 13.5. The molecule has 2 aromatic carbocycles. The van der Waals surface area contributed by atoms with Crippen LogP contribution in [0.2, 0.25) is 0 Å². The van der Waals surface area contributed by atoms with E-state index in [0.29, 0.717) is 5.69 Å². The third kappa shape index (κ3) is 7.57. The number of nitrogens with one attached hydrogen (secondary N) is 1. The van der Waals surface area contributed by atoms with Gasteiger partial charge in [0, 0.05) is 17.1 Å². The van der Waals surface area contributed by atoms with Crippen molar-refractivity contribution in [3.8, 4) is 0 Å². The van der Waals surface area contributed by atoms with Gasteiger partial charge in [-0.25, -0.2) is 8.42 Å². The number of carbonyl (C=O) groups excluding carboxylic acids is 2. The molecule has 2 rings (SSSR count). The van der Waals surface area contributed by atoms with Crippen molar-refractivity contribution < 1.29 is 18.0 Å². The maximum Gasteiger partial charge on any atom is 0.244 e. The molecule has 9 heteroatoms. The van der Waals surface area contributed by atoms with Gasteiger partial charge in [-0.1, -0.05) is 34.1 Å². The molecule has 0 radical (unpaired) electrons. The third-order valence-electron chi connectivity index (χ3n) is 5.32. The molecule has 7 nitrogen and oxygen atoms in total. The Bertz CT molecular complexity index is 1100. The molecule has 33 heavy (non-hydrogen) atoms. The van der Waals surface area contributed by atoms with E-state index >= 15 is 0 Å². The highest BCUT2D eigenvalue weighted by Gasteiger charge is 2.30. The summed E-state index contributed by atoms with van der Waals surface area (Å²) in [6.07, 6.45) is 1.07. The van der Waals surface area contributed by atoms with Gasteiger partial charge in [0.05, 0.1) is 11.9 Å². The summed E-state index contributed by atoms with van der Waals surface area (Å²) in [6, 6.07) is 11.8. The fourth-order valence-electron chi connectivity index (χ4n) is 3.27.